The molecule has 1 aromatic heterocycles. The third-order valence-electron chi connectivity index (χ3n) is 4.73. The number of anilines is 2. The van der Waals surface area contributed by atoms with Crippen LogP contribution in [0.25, 0.3) is 0 Å². The molecular formula is C20H28N6O2S. The molecule has 1 saturated heterocycles. The van der Waals surface area contributed by atoms with Crippen LogP contribution >= 0.6 is 11.8 Å². The zero-order chi connectivity index (χ0) is 21.0. The van der Waals surface area contributed by atoms with Crippen LogP contribution in [0.1, 0.15) is 20.8 Å². The largest absolute Gasteiger partial charge is 0.368 e. The van der Waals surface area contributed by atoms with Crippen LogP contribution in [-0.4, -0.2) is 63.4 Å². The summed E-state index contributed by atoms with van der Waals surface area (Å²) in [7, 11) is 1.85. The molecule has 2 amide bonds. The molecule has 1 N–H and O–H groups in total. The lowest BCUT2D eigenvalue weighted by atomic mass is 9.94. The summed E-state index contributed by atoms with van der Waals surface area (Å²) < 4.78 is 1.78. The summed E-state index contributed by atoms with van der Waals surface area (Å²) in [5.74, 6) is 0.396. The van der Waals surface area contributed by atoms with Gasteiger partial charge in [-0.25, -0.2) is 0 Å². The van der Waals surface area contributed by atoms with Crippen LogP contribution in [0.5, 0.6) is 0 Å². The van der Waals surface area contributed by atoms with Gasteiger partial charge in [0.1, 0.15) is 6.33 Å². The lowest BCUT2D eigenvalue weighted by Crippen LogP contribution is -2.51. The Morgan fingerprint density at radius 1 is 1.10 bits per heavy atom. The molecule has 9 heteroatoms. The quantitative estimate of drug-likeness (QED) is 0.753. The molecule has 2 heterocycles. The molecule has 0 spiro atoms. The molecule has 1 aliphatic heterocycles. The van der Waals surface area contributed by atoms with Gasteiger partial charge in [0.05, 0.1) is 5.75 Å². The Morgan fingerprint density at radius 3 is 2.31 bits per heavy atom. The van der Waals surface area contributed by atoms with Crippen molar-refractivity contribution in [3.8, 4) is 0 Å². The highest BCUT2D eigenvalue weighted by atomic mass is 32.2. The minimum Gasteiger partial charge on any atom is -0.368 e. The summed E-state index contributed by atoms with van der Waals surface area (Å²) >= 11 is 1.35. The number of hydrogen-bond donors (Lipinski definition) is 1. The average molecular weight is 417 g/mol. The molecule has 0 unspecified atom stereocenters. The van der Waals surface area contributed by atoms with Crippen molar-refractivity contribution in [2.45, 2.75) is 25.9 Å². The molecule has 0 bridgehead atoms. The first-order valence-electron chi connectivity index (χ1n) is 9.65. The van der Waals surface area contributed by atoms with E-state index in [1.165, 1.54) is 11.8 Å². The van der Waals surface area contributed by atoms with E-state index in [9.17, 15) is 9.59 Å². The second-order valence-corrected chi connectivity index (χ2v) is 9.08. The highest BCUT2D eigenvalue weighted by Crippen LogP contribution is 2.23. The van der Waals surface area contributed by atoms with E-state index < -0.39 is 0 Å². The molecule has 3 rings (SSSR count). The van der Waals surface area contributed by atoms with Gasteiger partial charge in [-0.15, -0.1) is 10.2 Å². The van der Waals surface area contributed by atoms with Gasteiger partial charge < -0.3 is 19.7 Å². The van der Waals surface area contributed by atoms with Crippen molar-refractivity contribution in [3.05, 3.63) is 30.6 Å². The molecule has 1 aromatic carbocycles. The van der Waals surface area contributed by atoms with Crippen molar-refractivity contribution < 1.29 is 9.59 Å². The summed E-state index contributed by atoms with van der Waals surface area (Å²) in [6, 6.07) is 7.83. The second-order valence-electron chi connectivity index (χ2n) is 8.14. The molecule has 1 aliphatic rings. The Kier molecular flexibility index (Phi) is 6.46. The number of piperazine rings is 1. The molecule has 2 aromatic rings. The van der Waals surface area contributed by atoms with Gasteiger partial charge in [0.15, 0.2) is 5.16 Å². The Labute approximate surface area is 175 Å². The normalized spacial score (nSPS) is 14.8. The maximum Gasteiger partial charge on any atom is 0.234 e. The summed E-state index contributed by atoms with van der Waals surface area (Å²) in [6.45, 7) is 8.95. The first-order valence-corrected chi connectivity index (χ1v) is 10.6. The summed E-state index contributed by atoms with van der Waals surface area (Å²) in [5, 5.41) is 11.4. The number of amides is 2. The van der Waals surface area contributed by atoms with Crippen LogP contribution in [0.15, 0.2) is 35.7 Å². The van der Waals surface area contributed by atoms with E-state index >= 15 is 0 Å². The van der Waals surface area contributed by atoms with Crippen LogP contribution in [0.2, 0.25) is 0 Å². The van der Waals surface area contributed by atoms with Gasteiger partial charge in [0, 0.05) is 50.0 Å². The maximum atomic E-state index is 12.4. The van der Waals surface area contributed by atoms with Crippen molar-refractivity contribution in [1.29, 1.82) is 0 Å². The van der Waals surface area contributed by atoms with Gasteiger partial charge in [-0.05, 0) is 24.3 Å². The fourth-order valence-electron chi connectivity index (χ4n) is 3.13. The Balaban J connectivity index is 1.48. The van der Waals surface area contributed by atoms with E-state index in [-0.39, 0.29) is 23.0 Å². The molecule has 0 saturated carbocycles. The Morgan fingerprint density at radius 2 is 1.76 bits per heavy atom. The van der Waals surface area contributed by atoms with E-state index in [0.29, 0.717) is 5.16 Å². The van der Waals surface area contributed by atoms with E-state index in [1.807, 2.05) is 57.0 Å². The monoisotopic (exact) mass is 416 g/mol. The van der Waals surface area contributed by atoms with Gasteiger partial charge in [0.25, 0.3) is 0 Å². The molecule has 1 fully saturated rings. The third-order valence-corrected chi connectivity index (χ3v) is 5.76. The van der Waals surface area contributed by atoms with Gasteiger partial charge in [0.2, 0.25) is 11.8 Å². The SMILES string of the molecule is Cn1cnnc1SCC(=O)Nc1ccc(N2CCN(C(=O)C(C)(C)C)CC2)cc1. The van der Waals surface area contributed by atoms with Gasteiger partial charge >= 0.3 is 0 Å². The number of aromatic nitrogens is 3. The Bertz CT molecular complexity index is 851. The lowest BCUT2D eigenvalue weighted by molar-refractivity contribution is -0.139. The number of rotatable bonds is 5. The van der Waals surface area contributed by atoms with Gasteiger partial charge in [-0.3, -0.25) is 9.59 Å². The number of hydrogen-bond acceptors (Lipinski definition) is 6. The number of aryl methyl sites for hydroxylation is 1. The van der Waals surface area contributed by atoms with Crippen LogP contribution in [0.4, 0.5) is 11.4 Å². The Hall–Kier alpha value is -2.55. The number of thioether (sulfide) groups is 1. The molecule has 156 valence electrons. The van der Waals surface area contributed by atoms with E-state index in [4.69, 9.17) is 0 Å². The van der Waals surface area contributed by atoms with Crippen molar-refractivity contribution in [1.82, 2.24) is 19.7 Å². The number of nitrogens with zero attached hydrogens (tertiary/aromatic N) is 5. The highest BCUT2D eigenvalue weighted by Gasteiger charge is 2.29. The summed E-state index contributed by atoms with van der Waals surface area (Å²) in [6.07, 6.45) is 1.61. The first-order chi connectivity index (χ1) is 13.7. The zero-order valence-corrected chi connectivity index (χ0v) is 18.2. The smallest absolute Gasteiger partial charge is 0.234 e. The fraction of sp³-hybridized carbons (Fsp3) is 0.500. The minimum absolute atomic E-state index is 0.0833. The predicted octanol–water partition coefficient (Wildman–Crippen LogP) is 2.24. The molecule has 8 nitrogen and oxygen atoms in total. The van der Waals surface area contributed by atoms with Gasteiger partial charge in [-0.1, -0.05) is 32.5 Å². The second kappa shape index (κ2) is 8.86. The minimum atomic E-state index is -0.340. The zero-order valence-electron chi connectivity index (χ0n) is 17.4. The van der Waals surface area contributed by atoms with Crippen molar-refractivity contribution in [2.24, 2.45) is 12.5 Å². The molecule has 0 radical (unpaired) electrons. The van der Waals surface area contributed by atoms with Crippen LogP contribution in [0, 0.1) is 5.41 Å². The van der Waals surface area contributed by atoms with Crippen molar-refractivity contribution in [2.75, 3.05) is 42.1 Å². The van der Waals surface area contributed by atoms with Crippen molar-refractivity contribution >= 4 is 35.0 Å². The third kappa shape index (κ3) is 5.50. The van der Waals surface area contributed by atoms with E-state index in [0.717, 1.165) is 37.6 Å². The molecule has 0 atom stereocenters. The van der Waals surface area contributed by atoms with Crippen molar-refractivity contribution in [3.63, 3.8) is 0 Å². The topological polar surface area (TPSA) is 83.4 Å². The number of benzene rings is 1. The highest BCUT2D eigenvalue weighted by molar-refractivity contribution is 7.99. The molecular weight excluding hydrogens is 388 g/mol. The predicted molar refractivity (Wildman–Crippen MR) is 115 cm³/mol. The number of nitrogens with one attached hydrogen (secondary N) is 1. The summed E-state index contributed by atoms with van der Waals surface area (Å²) in [4.78, 5) is 28.8. The molecule has 29 heavy (non-hydrogen) atoms. The molecule has 0 aliphatic carbocycles. The number of carbonyl (C=O) groups is 2. The lowest BCUT2D eigenvalue weighted by Gasteiger charge is -2.38. The number of carbonyl (C=O) groups excluding carboxylic acids is 2. The van der Waals surface area contributed by atoms with E-state index in [1.54, 1.807) is 10.9 Å². The summed E-state index contributed by atoms with van der Waals surface area (Å²) in [5.41, 5.74) is 1.52. The van der Waals surface area contributed by atoms with E-state index in [2.05, 4.69) is 20.4 Å². The first kappa shape index (κ1) is 21.2. The maximum absolute atomic E-state index is 12.4. The van der Waals surface area contributed by atoms with Crippen LogP contribution in [-0.2, 0) is 16.6 Å². The van der Waals surface area contributed by atoms with Crippen LogP contribution in [0.3, 0.4) is 0 Å². The van der Waals surface area contributed by atoms with Crippen LogP contribution < -0.4 is 10.2 Å². The van der Waals surface area contributed by atoms with Gasteiger partial charge in [-0.2, -0.15) is 0 Å². The fourth-order valence-corrected chi connectivity index (χ4v) is 3.82. The standard InChI is InChI=1S/C20H28N6O2S/c1-20(2,3)18(28)26-11-9-25(10-12-26)16-7-5-15(6-8-16)22-17(27)13-29-19-23-21-14-24(19)4/h5-8,14H,9-13H2,1-4H3,(H,22,27). The average Bonchev–Trinajstić information content (AvgIpc) is 3.11.